The molecule has 106 valence electrons. The summed E-state index contributed by atoms with van der Waals surface area (Å²) in [6.07, 6.45) is 2.91. The van der Waals surface area contributed by atoms with Crippen LogP contribution < -0.4 is 10.6 Å². The number of rotatable bonds is 3. The number of hydrogen-bond donors (Lipinski definition) is 2. The van der Waals surface area contributed by atoms with Gasteiger partial charge in [-0.2, -0.15) is 0 Å². The summed E-state index contributed by atoms with van der Waals surface area (Å²) in [7, 11) is 0. The Morgan fingerprint density at radius 1 is 1.17 bits per heavy atom. The van der Waals surface area contributed by atoms with Gasteiger partial charge in [0, 0.05) is 5.54 Å². The molecule has 0 unspecified atom stereocenters. The molecule has 0 aromatic carbocycles. The monoisotopic (exact) mass is 254 g/mol. The van der Waals surface area contributed by atoms with E-state index >= 15 is 0 Å². The molecule has 2 N–H and O–H groups in total. The Morgan fingerprint density at radius 2 is 1.67 bits per heavy atom. The van der Waals surface area contributed by atoms with Crippen molar-refractivity contribution in [1.82, 2.24) is 10.6 Å². The molecule has 3 nitrogen and oxygen atoms in total. The quantitative estimate of drug-likeness (QED) is 0.813. The molecule has 1 fully saturated rings. The van der Waals surface area contributed by atoms with Gasteiger partial charge in [0.15, 0.2) is 0 Å². The van der Waals surface area contributed by atoms with Gasteiger partial charge in [0.2, 0.25) is 5.91 Å². The Balaban J connectivity index is 3.01. The fraction of sp³-hybridized carbons (Fsp3) is 0.933. The first-order valence-electron chi connectivity index (χ1n) is 7.18. The van der Waals surface area contributed by atoms with Crippen molar-refractivity contribution in [2.24, 2.45) is 10.8 Å². The van der Waals surface area contributed by atoms with Gasteiger partial charge in [-0.1, -0.05) is 20.8 Å². The summed E-state index contributed by atoms with van der Waals surface area (Å²) in [6, 6.07) is 0. The van der Waals surface area contributed by atoms with Crippen molar-refractivity contribution >= 4 is 5.91 Å². The van der Waals surface area contributed by atoms with Crippen LogP contribution in [0.3, 0.4) is 0 Å². The largest absolute Gasteiger partial charge is 0.351 e. The predicted octanol–water partition coefficient (Wildman–Crippen LogP) is 2.71. The van der Waals surface area contributed by atoms with Crippen LogP contribution in [0, 0.1) is 10.8 Å². The third-order valence-corrected chi connectivity index (χ3v) is 4.56. The minimum atomic E-state index is -0.222. The Bertz CT molecular complexity index is 296. The third-order valence-electron chi connectivity index (χ3n) is 4.56. The average Bonchev–Trinajstić information content (AvgIpc) is 2.27. The topological polar surface area (TPSA) is 41.1 Å². The highest BCUT2D eigenvalue weighted by Gasteiger charge is 2.50. The first-order chi connectivity index (χ1) is 8.15. The highest BCUT2D eigenvalue weighted by molar-refractivity contribution is 5.84. The minimum absolute atomic E-state index is 0.0461. The van der Waals surface area contributed by atoms with Crippen LogP contribution in [0.2, 0.25) is 0 Å². The third kappa shape index (κ3) is 3.05. The molecule has 1 amide bonds. The molecule has 1 saturated heterocycles. The second-order valence-electron chi connectivity index (χ2n) is 7.27. The van der Waals surface area contributed by atoms with Gasteiger partial charge in [0.25, 0.3) is 0 Å². The van der Waals surface area contributed by atoms with Crippen LogP contribution in [0.5, 0.6) is 0 Å². The van der Waals surface area contributed by atoms with Gasteiger partial charge in [-0.3, -0.25) is 4.79 Å². The summed E-state index contributed by atoms with van der Waals surface area (Å²) in [5.74, 6) is 0.239. The van der Waals surface area contributed by atoms with Gasteiger partial charge in [-0.25, -0.2) is 0 Å². The molecule has 1 rings (SSSR count). The highest BCUT2D eigenvalue weighted by atomic mass is 16.2. The van der Waals surface area contributed by atoms with E-state index in [1.54, 1.807) is 0 Å². The van der Waals surface area contributed by atoms with E-state index < -0.39 is 0 Å². The molecule has 1 aliphatic rings. The zero-order chi connectivity index (χ0) is 14.0. The van der Waals surface area contributed by atoms with E-state index in [0.29, 0.717) is 0 Å². The first-order valence-corrected chi connectivity index (χ1v) is 7.18. The molecule has 1 heterocycles. The molecule has 0 atom stereocenters. The van der Waals surface area contributed by atoms with E-state index in [1.165, 1.54) is 0 Å². The number of carbonyl (C=O) groups excluding carboxylic acids is 1. The smallest absolute Gasteiger partial charge is 0.227 e. The SMILES string of the molecule is CCC(C)(C)C1(C(=O)NC(C)(C)C)CCNCC1. The van der Waals surface area contributed by atoms with Crippen molar-refractivity contribution in [2.75, 3.05) is 13.1 Å². The van der Waals surface area contributed by atoms with Crippen molar-refractivity contribution in [3.05, 3.63) is 0 Å². The summed E-state index contributed by atoms with van der Waals surface area (Å²) >= 11 is 0. The number of nitrogens with one attached hydrogen (secondary N) is 2. The van der Waals surface area contributed by atoms with Crippen molar-refractivity contribution < 1.29 is 4.79 Å². The van der Waals surface area contributed by atoms with Crippen molar-refractivity contribution in [1.29, 1.82) is 0 Å². The first kappa shape index (κ1) is 15.5. The molecule has 1 aliphatic heterocycles. The lowest BCUT2D eigenvalue weighted by Gasteiger charge is -2.48. The molecule has 18 heavy (non-hydrogen) atoms. The molecular weight excluding hydrogens is 224 g/mol. The Morgan fingerprint density at radius 3 is 2.06 bits per heavy atom. The Labute approximate surface area is 112 Å². The minimum Gasteiger partial charge on any atom is -0.351 e. The number of carbonyl (C=O) groups is 1. The maximum Gasteiger partial charge on any atom is 0.227 e. The van der Waals surface area contributed by atoms with E-state index in [2.05, 4.69) is 52.2 Å². The van der Waals surface area contributed by atoms with Gasteiger partial charge < -0.3 is 10.6 Å². The molecule has 0 aromatic rings. The van der Waals surface area contributed by atoms with E-state index in [9.17, 15) is 4.79 Å². The number of amides is 1. The van der Waals surface area contributed by atoms with Crippen LogP contribution in [-0.2, 0) is 4.79 Å². The van der Waals surface area contributed by atoms with Crippen LogP contribution in [0.4, 0.5) is 0 Å². The van der Waals surface area contributed by atoms with E-state index in [-0.39, 0.29) is 22.3 Å². The lowest BCUT2D eigenvalue weighted by molar-refractivity contribution is -0.143. The van der Waals surface area contributed by atoms with E-state index in [0.717, 1.165) is 32.4 Å². The Hall–Kier alpha value is -0.570. The van der Waals surface area contributed by atoms with Gasteiger partial charge >= 0.3 is 0 Å². The predicted molar refractivity (Wildman–Crippen MR) is 76.5 cm³/mol. The standard InChI is InChI=1S/C15H30N2O/c1-7-14(5,6)15(8-10-16-11-9-15)12(18)17-13(2,3)4/h16H,7-11H2,1-6H3,(H,17,18). The maximum absolute atomic E-state index is 12.8. The summed E-state index contributed by atoms with van der Waals surface area (Å²) in [5, 5.41) is 6.58. The fourth-order valence-corrected chi connectivity index (χ4v) is 2.86. The molecule has 3 heteroatoms. The zero-order valence-electron chi connectivity index (χ0n) is 12.9. The van der Waals surface area contributed by atoms with E-state index in [4.69, 9.17) is 0 Å². The fourth-order valence-electron chi connectivity index (χ4n) is 2.86. The van der Waals surface area contributed by atoms with Crippen molar-refractivity contribution in [3.8, 4) is 0 Å². The van der Waals surface area contributed by atoms with Gasteiger partial charge in [0.1, 0.15) is 0 Å². The molecule has 0 radical (unpaired) electrons. The molecule has 0 aromatic heterocycles. The van der Waals surface area contributed by atoms with Crippen LogP contribution in [0.1, 0.15) is 60.8 Å². The molecule has 0 bridgehead atoms. The summed E-state index contributed by atoms with van der Waals surface area (Å²) < 4.78 is 0. The summed E-state index contributed by atoms with van der Waals surface area (Å²) in [4.78, 5) is 12.8. The maximum atomic E-state index is 12.8. The lowest BCUT2D eigenvalue weighted by atomic mass is 9.59. The van der Waals surface area contributed by atoms with Crippen LogP contribution in [-0.4, -0.2) is 24.5 Å². The van der Waals surface area contributed by atoms with Crippen LogP contribution in [0.25, 0.3) is 0 Å². The average molecular weight is 254 g/mol. The van der Waals surface area contributed by atoms with Crippen molar-refractivity contribution in [2.45, 2.75) is 66.3 Å². The summed E-state index contributed by atoms with van der Waals surface area (Å²) in [6.45, 7) is 14.7. The Kier molecular flexibility index (Phi) is 4.47. The molecular formula is C15H30N2O. The van der Waals surface area contributed by atoms with Gasteiger partial charge in [-0.05, 0) is 58.5 Å². The normalized spacial score (nSPS) is 20.6. The van der Waals surface area contributed by atoms with Crippen molar-refractivity contribution in [3.63, 3.8) is 0 Å². The summed E-state index contributed by atoms with van der Waals surface area (Å²) in [5.41, 5.74) is -0.330. The molecule has 0 spiro atoms. The zero-order valence-corrected chi connectivity index (χ0v) is 12.9. The highest BCUT2D eigenvalue weighted by Crippen LogP contribution is 2.48. The van der Waals surface area contributed by atoms with Crippen LogP contribution in [0.15, 0.2) is 0 Å². The molecule has 0 saturated carbocycles. The van der Waals surface area contributed by atoms with Crippen LogP contribution >= 0.6 is 0 Å². The van der Waals surface area contributed by atoms with E-state index in [1.807, 2.05) is 0 Å². The number of hydrogen-bond acceptors (Lipinski definition) is 2. The van der Waals surface area contributed by atoms with Gasteiger partial charge in [-0.15, -0.1) is 0 Å². The van der Waals surface area contributed by atoms with Gasteiger partial charge in [0.05, 0.1) is 5.41 Å². The second kappa shape index (κ2) is 5.20. The second-order valence-corrected chi connectivity index (χ2v) is 7.27. The lowest BCUT2D eigenvalue weighted by Crippen LogP contribution is -2.58. The molecule has 0 aliphatic carbocycles. The number of piperidine rings is 1.